The van der Waals surface area contributed by atoms with Gasteiger partial charge in [0.05, 0.1) is 109 Å². The molecule has 0 unspecified atom stereocenters. The molecule has 0 bridgehead atoms. The van der Waals surface area contributed by atoms with Gasteiger partial charge < -0.3 is 59.1 Å². The fraction of sp³-hybridized carbons (Fsp3) is 0.542. The van der Waals surface area contributed by atoms with Gasteiger partial charge in [0.2, 0.25) is 0 Å². The lowest BCUT2D eigenvalue weighted by Crippen LogP contribution is -2.35. The summed E-state index contributed by atoms with van der Waals surface area (Å²) in [4.78, 5) is 51.4. The first-order chi connectivity index (χ1) is 38.2. The molecule has 420 valence electrons. The summed E-state index contributed by atoms with van der Waals surface area (Å²) in [7, 11) is 1.62. The summed E-state index contributed by atoms with van der Waals surface area (Å²) in [5, 5.41) is 13.3. The molecule has 0 atom stereocenters. The maximum Gasteiger partial charge on any atom is 0.258 e. The maximum atomic E-state index is 13.2. The SMILES string of the molecule is CCOc1cc(CN2CCOCC2)cc2[nH]c(=O)c3c(c12)NCCC3.CCOc1cc(CN2CCOCC2)cc2[nH]c(=O)c3c(c12)NCCC3.CCOc1cc(CN2CCOCC2)cc2c1c1c(c(=O)n2COC)CCCN1. The second kappa shape index (κ2) is 26.2. The molecule has 6 aliphatic heterocycles. The van der Waals surface area contributed by atoms with Gasteiger partial charge in [0.1, 0.15) is 24.0 Å². The molecule has 0 aliphatic carbocycles. The monoisotopic (exact) mass is 1070 g/mol. The number of methoxy groups -OCH3 is 1. The number of ether oxygens (including phenoxy) is 7. The van der Waals surface area contributed by atoms with E-state index in [-0.39, 0.29) is 23.4 Å². The average Bonchev–Trinajstić information content (AvgIpc) is 3.65. The van der Waals surface area contributed by atoms with Gasteiger partial charge in [-0.05, 0) is 112 Å². The highest BCUT2D eigenvalue weighted by molar-refractivity contribution is 6.00. The molecule has 19 heteroatoms. The van der Waals surface area contributed by atoms with Crippen LogP contribution in [0.5, 0.6) is 17.2 Å². The zero-order valence-corrected chi connectivity index (χ0v) is 46.1. The minimum absolute atomic E-state index is 0.0145. The number of anilines is 3. The molecule has 9 heterocycles. The summed E-state index contributed by atoms with van der Waals surface area (Å²) in [6, 6.07) is 12.7. The molecule has 6 aromatic rings. The van der Waals surface area contributed by atoms with Crippen molar-refractivity contribution in [3.8, 4) is 17.2 Å². The molecule has 19 nitrogen and oxygen atoms in total. The van der Waals surface area contributed by atoms with E-state index in [0.29, 0.717) is 19.8 Å². The van der Waals surface area contributed by atoms with Crippen LogP contribution in [0.2, 0.25) is 0 Å². The van der Waals surface area contributed by atoms with Crippen LogP contribution in [0.4, 0.5) is 17.1 Å². The second-order valence-electron chi connectivity index (χ2n) is 20.7. The van der Waals surface area contributed by atoms with Crippen LogP contribution in [-0.2, 0) is 64.6 Å². The Hall–Kier alpha value is -6.19. The van der Waals surface area contributed by atoms with Crippen molar-refractivity contribution in [1.29, 1.82) is 0 Å². The van der Waals surface area contributed by atoms with Crippen LogP contribution in [0.15, 0.2) is 50.8 Å². The van der Waals surface area contributed by atoms with Crippen molar-refractivity contribution in [1.82, 2.24) is 29.2 Å². The molecule has 3 fully saturated rings. The number of aromatic nitrogens is 3. The first-order valence-electron chi connectivity index (χ1n) is 28.4. The fourth-order valence-corrected chi connectivity index (χ4v) is 11.8. The van der Waals surface area contributed by atoms with E-state index in [1.807, 2.05) is 20.8 Å². The topological polar surface area (TPSA) is 198 Å². The summed E-state index contributed by atoms with van der Waals surface area (Å²) in [5.41, 5.74) is 11.4. The van der Waals surface area contributed by atoms with Crippen LogP contribution in [0.25, 0.3) is 32.7 Å². The number of rotatable bonds is 14. The molecule has 0 amide bonds. The first-order valence-corrected chi connectivity index (χ1v) is 28.4. The van der Waals surface area contributed by atoms with Crippen LogP contribution in [0.1, 0.15) is 73.4 Å². The average molecular weight is 1070 g/mol. The van der Waals surface area contributed by atoms with Gasteiger partial charge >= 0.3 is 0 Å². The highest BCUT2D eigenvalue weighted by Gasteiger charge is 2.26. The van der Waals surface area contributed by atoms with Crippen molar-refractivity contribution < 1.29 is 33.2 Å². The zero-order valence-electron chi connectivity index (χ0n) is 46.1. The minimum atomic E-state index is 0.0145. The Bertz CT molecular complexity index is 3090. The molecule has 3 aromatic carbocycles. The Balaban J connectivity index is 0.000000133. The number of H-pyrrole nitrogens is 2. The van der Waals surface area contributed by atoms with Crippen LogP contribution in [-0.4, -0.2) is 155 Å². The third-order valence-corrected chi connectivity index (χ3v) is 15.4. The van der Waals surface area contributed by atoms with Crippen molar-refractivity contribution in [3.05, 3.63) is 101 Å². The predicted octanol–water partition coefficient (Wildman–Crippen LogP) is 6.43. The van der Waals surface area contributed by atoms with Crippen molar-refractivity contribution in [2.75, 3.05) is 141 Å². The molecule has 78 heavy (non-hydrogen) atoms. The number of fused-ring (bicyclic) bond motifs is 9. The Labute approximate surface area is 455 Å². The van der Waals surface area contributed by atoms with Gasteiger partial charge in [-0.25, -0.2) is 0 Å². The maximum absolute atomic E-state index is 13.2. The van der Waals surface area contributed by atoms with Gasteiger partial charge in [-0.1, -0.05) is 0 Å². The standard InChI is InChI=1S/C21H29N3O4.2C19H25N3O3/c1-3-28-18-12-15(13-23-7-9-27-10-8-23)11-17-19(18)20-16(5-4-6-22-20)21(25)24(17)14-26-2;2*1-2-25-16-11-13(12-22-6-8-24-9-7-22)10-15-17(16)18-14(19(23)21-15)4-3-5-20-18/h11-12,22H,3-10,13-14H2,1-2H3;2*10-11,20H,2-9,12H2,1H3,(H,21,23). The molecule has 0 radical (unpaired) electrons. The van der Waals surface area contributed by atoms with Gasteiger partial charge in [0.15, 0.2) is 0 Å². The summed E-state index contributed by atoms with van der Waals surface area (Å²) < 4.78 is 41.4. The third kappa shape index (κ3) is 12.5. The van der Waals surface area contributed by atoms with Crippen molar-refractivity contribution in [2.45, 2.75) is 85.7 Å². The van der Waals surface area contributed by atoms with E-state index in [1.165, 1.54) is 0 Å². The normalized spacial score (nSPS) is 17.7. The Kier molecular flexibility index (Phi) is 18.5. The Morgan fingerprint density at radius 2 is 0.859 bits per heavy atom. The Morgan fingerprint density at radius 1 is 0.487 bits per heavy atom. The molecular formula is C59H79N9O10. The van der Waals surface area contributed by atoms with Crippen LogP contribution in [0, 0.1) is 0 Å². The number of benzene rings is 3. The van der Waals surface area contributed by atoms with E-state index in [4.69, 9.17) is 33.2 Å². The fourth-order valence-electron chi connectivity index (χ4n) is 11.8. The summed E-state index contributed by atoms with van der Waals surface area (Å²) >= 11 is 0. The molecular weight excluding hydrogens is 995 g/mol. The van der Waals surface area contributed by atoms with Crippen molar-refractivity contribution in [2.24, 2.45) is 0 Å². The highest BCUT2D eigenvalue weighted by Crippen LogP contribution is 2.39. The molecule has 5 N–H and O–H groups in total. The number of nitrogens with zero attached hydrogens (tertiary/aromatic N) is 4. The largest absolute Gasteiger partial charge is 0.493 e. The number of hydrogen-bond acceptors (Lipinski definition) is 16. The third-order valence-electron chi connectivity index (χ3n) is 15.4. The van der Waals surface area contributed by atoms with Gasteiger partial charge in [-0.3, -0.25) is 33.7 Å². The molecule has 3 saturated heterocycles. The second-order valence-corrected chi connectivity index (χ2v) is 20.7. The highest BCUT2D eigenvalue weighted by atomic mass is 16.5. The molecule has 6 aliphatic rings. The van der Waals surface area contributed by atoms with Crippen LogP contribution in [0.3, 0.4) is 0 Å². The van der Waals surface area contributed by atoms with Gasteiger partial charge in [-0.2, -0.15) is 0 Å². The summed E-state index contributed by atoms with van der Waals surface area (Å²) in [6.45, 7) is 23.3. The van der Waals surface area contributed by atoms with Crippen LogP contribution < -0.4 is 46.8 Å². The molecule has 3 aromatic heterocycles. The van der Waals surface area contributed by atoms with Crippen LogP contribution >= 0.6 is 0 Å². The molecule has 0 spiro atoms. The smallest absolute Gasteiger partial charge is 0.258 e. The van der Waals surface area contributed by atoms with Crippen molar-refractivity contribution >= 4 is 49.8 Å². The van der Waals surface area contributed by atoms with E-state index >= 15 is 0 Å². The predicted molar refractivity (Wildman–Crippen MR) is 307 cm³/mol. The van der Waals surface area contributed by atoms with E-state index < -0.39 is 0 Å². The minimum Gasteiger partial charge on any atom is -0.493 e. The lowest BCUT2D eigenvalue weighted by molar-refractivity contribution is 0.0341. The Morgan fingerprint density at radius 3 is 1.26 bits per heavy atom. The lowest BCUT2D eigenvalue weighted by Gasteiger charge is -2.28. The number of nitrogens with one attached hydrogen (secondary N) is 5. The van der Waals surface area contributed by atoms with Crippen molar-refractivity contribution in [3.63, 3.8) is 0 Å². The van der Waals surface area contributed by atoms with E-state index in [9.17, 15) is 14.4 Å². The molecule has 0 saturated carbocycles. The zero-order chi connectivity index (χ0) is 54.0. The first kappa shape index (κ1) is 55.1. The van der Waals surface area contributed by atoms with E-state index in [2.05, 4.69) is 77.0 Å². The molecule has 12 rings (SSSR count). The number of morpholine rings is 3. The lowest BCUT2D eigenvalue weighted by atomic mass is 9.99. The quantitative estimate of drug-likeness (QED) is 0.0800. The van der Waals surface area contributed by atoms with E-state index in [0.717, 1.165) is 257 Å². The van der Waals surface area contributed by atoms with Gasteiger partial charge in [-0.15, -0.1) is 0 Å². The number of hydrogen-bond donors (Lipinski definition) is 5. The summed E-state index contributed by atoms with van der Waals surface area (Å²) in [5.74, 6) is 2.54. The van der Waals surface area contributed by atoms with Gasteiger partial charge in [0.25, 0.3) is 16.7 Å². The van der Waals surface area contributed by atoms with E-state index in [1.54, 1.807) is 11.7 Å². The summed E-state index contributed by atoms with van der Waals surface area (Å²) in [6.07, 6.45) is 5.34. The number of pyridine rings is 3. The number of aromatic amines is 2. The van der Waals surface area contributed by atoms with Gasteiger partial charge in [0, 0.05) is 102 Å².